The first-order chi connectivity index (χ1) is 6.68. The molecule has 0 fully saturated rings. The molecule has 1 heterocycles. The van der Waals surface area contributed by atoms with Crippen molar-refractivity contribution in [1.82, 2.24) is 0 Å². The quantitative estimate of drug-likeness (QED) is 0.605. The predicted molar refractivity (Wildman–Crippen MR) is 58.0 cm³/mol. The Morgan fingerprint density at radius 2 is 2.29 bits per heavy atom. The van der Waals surface area contributed by atoms with E-state index in [1.807, 2.05) is 18.3 Å². The number of nitrogens with zero attached hydrogens (tertiary/aromatic N) is 1. The fraction of sp³-hybridized carbons (Fsp3) is 0.273. The SMILES string of the molecule is CC(=O)[N+]1=Cc2cccc(C)c2SC1. The Labute approximate surface area is 87.6 Å². The molecule has 0 spiro atoms. The van der Waals surface area contributed by atoms with E-state index in [2.05, 4.69) is 13.0 Å². The maximum absolute atomic E-state index is 11.2. The highest BCUT2D eigenvalue weighted by Gasteiger charge is 2.20. The summed E-state index contributed by atoms with van der Waals surface area (Å²) in [5.41, 5.74) is 2.43. The summed E-state index contributed by atoms with van der Waals surface area (Å²) >= 11 is 1.73. The average molecular weight is 206 g/mol. The number of amides is 1. The van der Waals surface area contributed by atoms with E-state index < -0.39 is 0 Å². The van der Waals surface area contributed by atoms with Crippen molar-refractivity contribution in [2.45, 2.75) is 18.7 Å². The molecule has 0 saturated heterocycles. The molecular formula is C11H12NOS+. The first-order valence-electron chi connectivity index (χ1n) is 4.53. The minimum Gasteiger partial charge on any atom is -0.220 e. The summed E-state index contributed by atoms with van der Waals surface area (Å²) in [6.07, 6.45) is 1.93. The van der Waals surface area contributed by atoms with E-state index in [1.54, 1.807) is 23.3 Å². The summed E-state index contributed by atoms with van der Waals surface area (Å²) in [6, 6.07) is 6.17. The number of benzene rings is 1. The largest absolute Gasteiger partial charge is 0.384 e. The summed E-state index contributed by atoms with van der Waals surface area (Å²) in [4.78, 5) is 12.5. The van der Waals surface area contributed by atoms with Gasteiger partial charge in [0, 0.05) is 4.90 Å². The minimum absolute atomic E-state index is 0.102. The number of fused-ring (bicyclic) bond motifs is 1. The molecule has 72 valence electrons. The van der Waals surface area contributed by atoms with Gasteiger partial charge in [-0.05, 0) is 18.6 Å². The Kier molecular flexibility index (Phi) is 2.42. The van der Waals surface area contributed by atoms with Gasteiger partial charge in [-0.15, -0.1) is 0 Å². The Balaban J connectivity index is 2.50. The van der Waals surface area contributed by atoms with E-state index >= 15 is 0 Å². The van der Waals surface area contributed by atoms with E-state index in [-0.39, 0.29) is 5.91 Å². The Morgan fingerprint density at radius 1 is 1.50 bits per heavy atom. The molecule has 14 heavy (non-hydrogen) atoms. The van der Waals surface area contributed by atoms with Crippen molar-refractivity contribution in [2.75, 3.05) is 5.88 Å². The maximum Gasteiger partial charge on any atom is 0.384 e. The van der Waals surface area contributed by atoms with Gasteiger partial charge in [0.15, 0.2) is 6.21 Å². The summed E-state index contributed by atoms with van der Waals surface area (Å²) in [5, 5.41) is 0. The number of thioether (sulfide) groups is 1. The van der Waals surface area contributed by atoms with E-state index in [4.69, 9.17) is 0 Å². The fourth-order valence-corrected chi connectivity index (χ4v) is 2.60. The summed E-state index contributed by atoms with van der Waals surface area (Å²) in [7, 11) is 0. The van der Waals surface area contributed by atoms with E-state index in [1.165, 1.54) is 10.5 Å². The third-order valence-corrected chi connectivity index (χ3v) is 3.54. The summed E-state index contributed by atoms with van der Waals surface area (Å²) in [6.45, 7) is 3.70. The lowest BCUT2D eigenvalue weighted by atomic mass is 10.1. The Hall–Kier alpha value is -1.09. The number of aryl methyl sites for hydroxylation is 1. The molecule has 2 rings (SSSR count). The van der Waals surface area contributed by atoms with Crippen LogP contribution in [0.5, 0.6) is 0 Å². The molecule has 0 atom stereocenters. The van der Waals surface area contributed by atoms with Crippen LogP contribution in [-0.2, 0) is 4.79 Å². The average Bonchev–Trinajstić information content (AvgIpc) is 2.17. The van der Waals surface area contributed by atoms with Crippen molar-refractivity contribution in [3.63, 3.8) is 0 Å². The monoisotopic (exact) mass is 206 g/mol. The topological polar surface area (TPSA) is 20.1 Å². The lowest BCUT2D eigenvalue weighted by Crippen LogP contribution is -2.22. The molecular weight excluding hydrogens is 194 g/mol. The molecule has 0 radical (unpaired) electrons. The third-order valence-electron chi connectivity index (χ3n) is 2.29. The Bertz CT molecular complexity index is 423. The van der Waals surface area contributed by atoms with E-state index in [0.29, 0.717) is 0 Å². The van der Waals surface area contributed by atoms with Crippen molar-refractivity contribution in [2.24, 2.45) is 0 Å². The lowest BCUT2D eigenvalue weighted by molar-refractivity contribution is -0.422. The molecule has 0 saturated carbocycles. The van der Waals surface area contributed by atoms with Crippen LogP contribution in [0.1, 0.15) is 18.1 Å². The second-order valence-corrected chi connectivity index (χ2v) is 4.34. The molecule has 0 N–H and O–H groups in total. The van der Waals surface area contributed by atoms with Crippen LogP contribution < -0.4 is 0 Å². The first-order valence-corrected chi connectivity index (χ1v) is 5.51. The number of rotatable bonds is 0. The van der Waals surface area contributed by atoms with Crippen LogP contribution in [0, 0.1) is 6.92 Å². The van der Waals surface area contributed by atoms with Gasteiger partial charge in [-0.25, -0.2) is 4.79 Å². The third kappa shape index (κ3) is 1.60. The molecule has 1 aromatic carbocycles. The molecule has 2 nitrogen and oxygen atoms in total. The number of carbonyl (C=O) groups excluding carboxylic acids is 1. The van der Waals surface area contributed by atoms with Crippen LogP contribution in [0.25, 0.3) is 0 Å². The van der Waals surface area contributed by atoms with Gasteiger partial charge in [-0.3, -0.25) is 0 Å². The fourth-order valence-electron chi connectivity index (χ4n) is 1.50. The van der Waals surface area contributed by atoms with Gasteiger partial charge < -0.3 is 0 Å². The van der Waals surface area contributed by atoms with Gasteiger partial charge >= 0.3 is 5.91 Å². The zero-order valence-corrected chi connectivity index (χ0v) is 9.10. The standard InChI is InChI=1S/C11H12NOS/c1-8-4-3-5-10-6-12(9(2)13)7-14-11(8)10/h3-6H,7H2,1-2H3/q+1. The highest BCUT2D eigenvalue weighted by Crippen LogP contribution is 2.28. The van der Waals surface area contributed by atoms with Crippen molar-refractivity contribution < 1.29 is 9.37 Å². The summed E-state index contributed by atoms with van der Waals surface area (Å²) in [5.74, 6) is 0.831. The van der Waals surface area contributed by atoms with Gasteiger partial charge in [-0.1, -0.05) is 23.9 Å². The van der Waals surface area contributed by atoms with Gasteiger partial charge in [0.2, 0.25) is 5.88 Å². The molecule has 1 aliphatic rings. The van der Waals surface area contributed by atoms with Crippen molar-refractivity contribution in [3.05, 3.63) is 29.3 Å². The number of carbonyl (C=O) groups is 1. The molecule has 0 unspecified atom stereocenters. The van der Waals surface area contributed by atoms with Crippen LogP contribution in [0.3, 0.4) is 0 Å². The maximum atomic E-state index is 11.2. The van der Waals surface area contributed by atoms with Crippen LogP contribution in [0.4, 0.5) is 0 Å². The van der Waals surface area contributed by atoms with Crippen LogP contribution in [0.2, 0.25) is 0 Å². The number of hydrogen-bond donors (Lipinski definition) is 0. The highest BCUT2D eigenvalue weighted by molar-refractivity contribution is 7.99. The molecule has 0 aliphatic carbocycles. The van der Waals surface area contributed by atoms with Gasteiger partial charge in [0.1, 0.15) is 0 Å². The Morgan fingerprint density at radius 3 is 3.00 bits per heavy atom. The number of hydrogen-bond acceptors (Lipinski definition) is 2. The van der Waals surface area contributed by atoms with Crippen molar-refractivity contribution in [1.29, 1.82) is 0 Å². The smallest absolute Gasteiger partial charge is 0.220 e. The minimum atomic E-state index is 0.102. The molecule has 0 aromatic heterocycles. The van der Waals surface area contributed by atoms with Gasteiger partial charge in [-0.2, -0.15) is 4.58 Å². The normalized spacial score (nSPS) is 14.6. The lowest BCUT2D eigenvalue weighted by Gasteiger charge is -2.11. The van der Waals surface area contributed by atoms with Crippen molar-refractivity contribution in [3.8, 4) is 0 Å². The van der Waals surface area contributed by atoms with Crippen LogP contribution in [0.15, 0.2) is 23.1 Å². The van der Waals surface area contributed by atoms with Crippen molar-refractivity contribution >= 4 is 23.9 Å². The van der Waals surface area contributed by atoms with E-state index in [9.17, 15) is 4.79 Å². The van der Waals surface area contributed by atoms with E-state index in [0.717, 1.165) is 11.4 Å². The zero-order valence-electron chi connectivity index (χ0n) is 8.28. The second kappa shape index (κ2) is 3.58. The van der Waals surface area contributed by atoms with Gasteiger partial charge in [0.05, 0.1) is 12.5 Å². The van der Waals surface area contributed by atoms with Crippen LogP contribution in [-0.4, -0.2) is 22.6 Å². The highest BCUT2D eigenvalue weighted by atomic mass is 32.2. The van der Waals surface area contributed by atoms with Gasteiger partial charge in [0.25, 0.3) is 0 Å². The summed E-state index contributed by atoms with van der Waals surface area (Å²) < 4.78 is 1.74. The molecule has 1 aliphatic heterocycles. The molecule has 0 bridgehead atoms. The van der Waals surface area contributed by atoms with Crippen LogP contribution >= 0.6 is 11.8 Å². The molecule has 1 amide bonds. The zero-order chi connectivity index (χ0) is 10.1. The predicted octanol–water partition coefficient (Wildman–Crippen LogP) is 2.04. The molecule has 1 aromatic rings. The second-order valence-electron chi connectivity index (χ2n) is 3.38. The first kappa shape index (κ1) is 9.46. The molecule has 3 heteroatoms.